The van der Waals surface area contributed by atoms with Gasteiger partial charge in [-0.05, 0) is 29.8 Å². The number of rotatable bonds is 5. The van der Waals surface area contributed by atoms with E-state index in [4.69, 9.17) is 0 Å². The van der Waals surface area contributed by atoms with Gasteiger partial charge in [0.05, 0.1) is 6.04 Å². The molecule has 1 fully saturated rings. The van der Waals surface area contributed by atoms with E-state index in [2.05, 4.69) is 56.9 Å². The van der Waals surface area contributed by atoms with Crippen LogP contribution >= 0.6 is 0 Å². The fraction of sp³-hybridized carbons (Fsp3) is 0.304. The average Bonchev–Trinajstić information content (AvgIpc) is 3.42. The van der Waals surface area contributed by atoms with E-state index in [9.17, 15) is 4.79 Å². The highest BCUT2D eigenvalue weighted by Crippen LogP contribution is 2.21. The third-order valence-electron chi connectivity index (χ3n) is 5.31. The molecule has 0 aromatic heterocycles. The highest BCUT2D eigenvalue weighted by atomic mass is 16.2. The first-order valence-electron chi connectivity index (χ1n) is 10.0. The van der Waals surface area contributed by atoms with Crippen LogP contribution in [0.25, 0.3) is 0 Å². The van der Waals surface area contributed by atoms with Crippen LogP contribution in [-0.2, 0) is 11.3 Å². The van der Waals surface area contributed by atoms with E-state index >= 15 is 0 Å². The number of nitrogens with zero attached hydrogens (tertiary/aromatic N) is 3. The number of anilines is 2. The van der Waals surface area contributed by atoms with Crippen LogP contribution in [-0.4, -0.2) is 44.6 Å². The van der Waals surface area contributed by atoms with Gasteiger partial charge >= 0.3 is 0 Å². The lowest BCUT2D eigenvalue weighted by Gasteiger charge is -2.20. The van der Waals surface area contributed by atoms with E-state index in [-0.39, 0.29) is 11.9 Å². The molecule has 6 nitrogen and oxygen atoms in total. The van der Waals surface area contributed by atoms with Gasteiger partial charge in [0.15, 0.2) is 5.96 Å². The fourth-order valence-corrected chi connectivity index (χ4v) is 3.79. The Hall–Kier alpha value is -3.28. The number of carbonyl (C=O) groups is 1. The molecule has 2 aliphatic rings. The molecule has 0 aliphatic carbocycles. The SMILES string of the molecule is CN=C(NCc1cccc(N2CC=CC2)c1)NC1CC(=O)N(c2ccccc2)C1. The Balaban J connectivity index is 1.32. The number of hydrogen-bond donors (Lipinski definition) is 2. The van der Waals surface area contributed by atoms with Crippen molar-refractivity contribution in [1.82, 2.24) is 10.6 Å². The molecule has 0 radical (unpaired) electrons. The molecule has 2 N–H and O–H groups in total. The van der Waals surface area contributed by atoms with E-state index in [0.29, 0.717) is 25.5 Å². The number of benzene rings is 2. The second kappa shape index (κ2) is 8.82. The maximum absolute atomic E-state index is 12.4. The maximum atomic E-state index is 12.4. The minimum absolute atomic E-state index is 0.0379. The van der Waals surface area contributed by atoms with Crippen molar-refractivity contribution in [3.63, 3.8) is 0 Å². The predicted octanol–water partition coefficient (Wildman–Crippen LogP) is 2.53. The quantitative estimate of drug-likeness (QED) is 0.469. The summed E-state index contributed by atoms with van der Waals surface area (Å²) in [6.07, 6.45) is 4.85. The number of carbonyl (C=O) groups excluding carboxylic acids is 1. The zero-order valence-corrected chi connectivity index (χ0v) is 16.7. The number of hydrogen-bond acceptors (Lipinski definition) is 3. The summed E-state index contributed by atoms with van der Waals surface area (Å²) in [6, 6.07) is 18.4. The third kappa shape index (κ3) is 4.59. The number of para-hydroxylation sites is 1. The smallest absolute Gasteiger partial charge is 0.229 e. The number of nitrogens with one attached hydrogen (secondary N) is 2. The van der Waals surface area contributed by atoms with Crippen molar-refractivity contribution in [1.29, 1.82) is 0 Å². The largest absolute Gasteiger partial charge is 0.364 e. The minimum Gasteiger partial charge on any atom is -0.364 e. The summed E-state index contributed by atoms with van der Waals surface area (Å²) >= 11 is 0. The Bertz CT molecular complexity index is 900. The number of aliphatic imine (C=N–C) groups is 1. The van der Waals surface area contributed by atoms with Crippen LogP contribution in [0.15, 0.2) is 71.7 Å². The molecule has 4 rings (SSSR count). The van der Waals surface area contributed by atoms with Crippen molar-refractivity contribution in [3.8, 4) is 0 Å². The molecule has 2 heterocycles. The van der Waals surface area contributed by atoms with Crippen LogP contribution in [0.3, 0.4) is 0 Å². The second-order valence-corrected chi connectivity index (χ2v) is 7.36. The number of guanidine groups is 1. The van der Waals surface area contributed by atoms with Gasteiger partial charge in [-0.15, -0.1) is 0 Å². The van der Waals surface area contributed by atoms with Gasteiger partial charge in [0.25, 0.3) is 0 Å². The van der Waals surface area contributed by atoms with Gasteiger partial charge in [0, 0.05) is 51.0 Å². The van der Waals surface area contributed by atoms with Crippen molar-refractivity contribution in [2.24, 2.45) is 4.99 Å². The molecule has 0 spiro atoms. The molecule has 1 unspecified atom stereocenters. The van der Waals surface area contributed by atoms with Gasteiger partial charge < -0.3 is 20.4 Å². The summed E-state index contributed by atoms with van der Waals surface area (Å²) in [5.41, 5.74) is 3.38. The topological polar surface area (TPSA) is 60.0 Å². The van der Waals surface area contributed by atoms with Crippen LogP contribution in [0.5, 0.6) is 0 Å². The van der Waals surface area contributed by atoms with Crippen molar-refractivity contribution in [2.45, 2.75) is 19.0 Å². The molecule has 2 aromatic rings. The first-order chi connectivity index (χ1) is 14.2. The molecule has 6 heteroatoms. The number of amides is 1. The molecule has 0 saturated carbocycles. The van der Waals surface area contributed by atoms with Gasteiger partial charge in [0.1, 0.15) is 0 Å². The summed E-state index contributed by atoms with van der Waals surface area (Å²) in [7, 11) is 1.76. The van der Waals surface area contributed by atoms with Crippen molar-refractivity contribution in [2.75, 3.05) is 36.5 Å². The fourth-order valence-electron chi connectivity index (χ4n) is 3.79. The molecule has 0 bridgehead atoms. The summed E-state index contributed by atoms with van der Waals surface area (Å²) < 4.78 is 0. The molecule has 1 atom stereocenters. The standard InChI is InChI=1S/C23H27N5O/c1-24-23(25-16-18-8-7-11-21(14-18)27-12-5-6-13-27)26-19-15-22(29)28(17-19)20-9-3-2-4-10-20/h2-11,14,19H,12-13,15-17H2,1H3,(H2,24,25,26). The Kier molecular flexibility index (Phi) is 5.79. The monoisotopic (exact) mass is 389 g/mol. The van der Waals surface area contributed by atoms with Crippen LogP contribution in [0, 0.1) is 0 Å². The first-order valence-corrected chi connectivity index (χ1v) is 10.0. The van der Waals surface area contributed by atoms with E-state index < -0.39 is 0 Å². The zero-order valence-electron chi connectivity index (χ0n) is 16.7. The van der Waals surface area contributed by atoms with Crippen LogP contribution < -0.4 is 20.4 Å². The van der Waals surface area contributed by atoms with Crippen LogP contribution in [0.2, 0.25) is 0 Å². The molecular weight excluding hydrogens is 362 g/mol. The lowest BCUT2D eigenvalue weighted by atomic mass is 10.2. The molecule has 1 saturated heterocycles. The summed E-state index contributed by atoms with van der Waals surface area (Å²) in [4.78, 5) is 20.9. The van der Waals surface area contributed by atoms with Crippen molar-refractivity contribution < 1.29 is 4.79 Å². The molecule has 29 heavy (non-hydrogen) atoms. The second-order valence-electron chi connectivity index (χ2n) is 7.36. The highest BCUT2D eigenvalue weighted by Gasteiger charge is 2.31. The molecule has 2 aliphatic heterocycles. The zero-order chi connectivity index (χ0) is 20.1. The van der Waals surface area contributed by atoms with Crippen LogP contribution in [0.1, 0.15) is 12.0 Å². The van der Waals surface area contributed by atoms with E-state index in [1.807, 2.05) is 35.2 Å². The Morgan fingerprint density at radius 3 is 2.59 bits per heavy atom. The van der Waals surface area contributed by atoms with E-state index in [1.165, 1.54) is 11.3 Å². The van der Waals surface area contributed by atoms with Gasteiger partial charge in [0.2, 0.25) is 5.91 Å². The van der Waals surface area contributed by atoms with Gasteiger partial charge in [-0.2, -0.15) is 0 Å². The first kappa shape index (κ1) is 19.1. The summed E-state index contributed by atoms with van der Waals surface area (Å²) in [6.45, 7) is 3.25. The van der Waals surface area contributed by atoms with Crippen molar-refractivity contribution in [3.05, 3.63) is 72.3 Å². The Morgan fingerprint density at radius 1 is 1.07 bits per heavy atom. The average molecular weight is 390 g/mol. The third-order valence-corrected chi connectivity index (χ3v) is 5.31. The summed E-state index contributed by atoms with van der Waals surface area (Å²) in [5, 5.41) is 6.77. The molecular formula is C23H27N5O. The molecule has 150 valence electrons. The van der Waals surface area contributed by atoms with E-state index in [1.54, 1.807) is 7.05 Å². The molecule has 2 aromatic carbocycles. The van der Waals surface area contributed by atoms with Crippen LogP contribution in [0.4, 0.5) is 11.4 Å². The van der Waals surface area contributed by atoms with Crippen molar-refractivity contribution >= 4 is 23.2 Å². The van der Waals surface area contributed by atoms with Gasteiger partial charge in [-0.3, -0.25) is 9.79 Å². The summed E-state index contributed by atoms with van der Waals surface area (Å²) in [5.74, 6) is 0.849. The lowest BCUT2D eigenvalue weighted by Crippen LogP contribution is -2.44. The van der Waals surface area contributed by atoms with Gasteiger partial charge in [-0.25, -0.2) is 0 Å². The minimum atomic E-state index is 0.0379. The normalized spacial score (nSPS) is 19.1. The highest BCUT2D eigenvalue weighted by molar-refractivity contribution is 5.97. The molecule has 1 amide bonds. The Morgan fingerprint density at radius 2 is 1.83 bits per heavy atom. The van der Waals surface area contributed by atoms with E-state index in [0.717, 1.165) is 18.8 Å². The maximum Gasteiger partial charge on any atom is 0.229 e. The Labute approximate surface area is 171 Å². The van der Waals surface area contributed by atoms with Gasteiger partial charge in [-0.1, -0.05) is 42.5 Å². The predicted molar refractivity (Wildman–Crippen MR) is 118 cm³/mol. The lowest BCUT2D eigenvalue weighted by molar-refractivity contribution is -0.117.